The molecule has 6 nitrogen and oxygen atoms in total. The number of allylic oxidation sites excluding steroid dienone is 2. The van der Waals surface area contributed by atoms with Gasteiger partial charge in [-0.3, -0.25) is 23.9 Å². The fourth-order valence-electron chi connectivity index (χ4n) is 2.58. The zero-order valence-corrected chi connectivity index (χ0v) is 12.7. The molecule has 0 fully saturated rings. The molecule has 0 saturated heterocycles. The molecule has 1 aliphatic carbocycles. The Morgan fingerprint density at radius 1 is 1.04 bits per heavy atom. The summed E-state index contributed by atoms with van der Waals surface area (Å²) in [5, 5.41) is 0. The van der Waals surface area contributed by atoms with Crippen molar-refractivity contribution in [2.24, 2.45) is 0 Å². The van der Waals surface area contributed by atoms with E-state index in [1.807, 2.05) is 0 Å². The largest absolute Gasteiger partial charge is 0.328 e. The predicted octanol–water partition coefficient (Wildman–Crippen LogP) is 1.22. The summed E-state index contributed by atoms with van der Waals surface area (Å²) in [6, 6.07) is 4.92. The number of benzene rings is 1. The highest BCUT2D eigenvalue weighted by atomic mass is 16.2. The van der Waals surface area contributed by atoms with Crippen molar-refractivity contribution in [2.75, 3.05) is 0 Å². The number of aromatic nitrogens is 2. The molecule has 2 aromatic rings. The lowest BCUT2D eigenvalue weighted by Crippen LogP contribution is -2.31. The number of rotatable bonds is 2. The van der Waals surface area contributed by atoms with Gasteiger partial charge in [-0.25, -0.2) is 4.79 Å². The molecule has 1 N–H and O–H groups in total. The van der Waals surface area contributed by atoms with Crippen molar-refractivity contribution >= 4 is 11.6 Å². The number of Topliss-reactive ketones (excluding diaryl/α,β-unsaturated/α-hetero) is 1. The molecule has 0 spiro atoms. The molecule has 3 rings (SSSR count). The summed E-state index contributed by atoms with van der Waals surface area (Å²) in [7, 11) is 0. The molecule has 0 amide bonds. The average Bonchev–Trinajstić information content (AvgIpc) is 2.50. The third-order valence-electron chi connectivity index (χ3n) is 3.84. The Morgan fingerprint density at radius 2 is 1.78 bits per heavy atom. The van der Waals surface area contributed by atoms with Crippen molar-refractivity contribution in [3.05, 3.63) is 79.1 Å². The highest BCUT2D eigenvalue weighted by Crippen LogP contribution is 2.22. The standard InChI is InChI=1S/C17H14N2O4/c1-9-5-14(20)12-4-3-11(6-13(12)15(9)21)8-19-7-10(2)16(22)18-17(19)23/h3-7H,8H2,1-2H3,(H,18,22,23). The summed E-state index contributed by atoms with van der Waals surface area (Å²) in [4.78, 5) is 49.6. The van der Waals surface area contributed by atoms with Crippen LogP contribution in [0.15, 0.2) is 45.6 Å². The van der Waals surface area contributed by atoms with Crippen LogP contribution in [0.25, 0.3) is 0 Å². The monoisotopic (exact) mass is 310 g/mol. The van der Waals surface area contributed by atoms with Gasteiger partial charge in [-0.2, -0.15) is 0 Å². The van der Waals surface area contributed by atoms with Gasteiger partial charge in [0, 0.05) is 28.5 Å². The second-order valence-corrected chi connectivity index (χ2v) is 5.60. The molecule has 0 atom stereocenters. The molecule has 1 aliphatic rings. The number of carbonyl (C=O) groups excluding carboxylic acids is 2. The van der Waals surface area contributed by atoms with Crippen LogP contribution in [0, 0.1) is 6.92 Å². The van der Waals surface area contributed by atoms with E-state index in [4.69, 9.17) is 0 Å². The Labute approximate surface area is 131 Å². The molecule has 0 radical (unpaired) electrons. The molecular formula is C17H14N2O4. The Bertz CT molecular complexity index is 992. The first-order chi connectivity index (χ1) is 10.9. The van der Waals surface area contributed by atoms with Crippen molar-refractivity contribution < 1.29 is 9.59 Å². The molecule has 1 aromatic heterocycles. The molecule has 0 bridgehead atoms. The maximum absolute atomic E-state index is 12.2. The Hall–Kier alpha value is -3.02. The Balaban J connectivity index is 2.03. The number of aromatic amines is 1. The van der Waals surface area contributed by atoms with Crippen LogP contribution >= 0.6 is 0 Å². The van der Waals surface area contributed by atoms with Crippen LogP contribution in [0.1, 0.15) is 38.8 Å². The number of nitrogens with one attached hydrogen (secondary N) is 1. The molecule has 0 unspecified atom stereocenters. The van der Waals surface area contributed by atoms with Crippen LogP contribution in [-0.4, -0.2) is 21.1 Å². The summed E-state index contributed by atoms with van der Waals surface area (Å²) in [6.07, 6.45) is 2.80. The van der Waals surface area contributed by atoms with Gasteiger partial charge in [-0.1, -0.05) is 6.07 Å². The van der Waals surface area contributed by atoms with Crippen LogP contribution in [0.4, 0.5) is 0 Å². The van der Waals surface area contributed by atoms with Crippen LogP contribution < -0.4 is 11.2 Å². The maximum atomic E-state index is 12.2. The van der Waals surface area contributed by atoms with Gasteiger partial charge in [-0.05, 0) is 37.6 Å². The van der Waals surface area contributed by atoms with E-state index >= 15 is 0 Å². The van der Waals surface area contributed by atoms with Gasteiger partial charge >= 0.3 is 5.69 Å². The quantitative estimate of drug-likeness (QED) is 0.903. The van der Waals surface area contributed by atoms with E-state index in [1.165, 1.54) is 16.8 Å². The van der Waals surface area contributed by atoms with Crippen molar-refractivity contribution in [3.63, 3.8) is 0 Å². The fraction of sp³-hybridized carbons (Fsp3) is 0.176. The third kappa shape index (κ3) is 2.59. The van der Waals surface area contributed by atoms with Crippen LogP contribution in [0.3, 0.4) is 0 Å². The molecule has 0 aliphatic heterocycles. The summed E-state index contributed by atoms with van der Waals surface area (Å²) in [5.41, 5.74) is 1.31. The smallest absolute Gasteiger partial charge is 0.296 e. The summed E-state index contributed by atoms with van der Waals surface area (Å²) < 4.78 is 1.36. The first kappa shape index (κ1) is 14.9. The van der Waals surface area contributed by atoms with Gasteiger partial charge < -0.3 is 0 Å². The second-order valence-electron chi connectivity index (χ2n) is 5.60. The lowest BCUT2D eigenvalue weighted by atomic mass is 9.89. The molecule has 0 saturated carbocycles. The zero-order valence-electron chi connectivity index (χ0n) is 12.7. The van der Waals surface area contributed by atoms with E-state index < -0.39 is 11.2 Å². The summed E-state index contributed by atoms with van der Waals surface area (Å²) >= 11 is 0. The van der Waals surface area contributed by atoms with Gasteiger partial charge in [0.1, 0.15) is 0 Å². The van der Waals surface area contributed by atoms with Gasteiger partial charge in [-0.15, -0.1) is 0 Å². The minimum Gasteiger partial charge on any atom is -0.296 e. The van der Waals surface area contributed by atoms with E-state index in [9.17, 15) is 19.2 Å². The number of carbonyl (C=O) groups is 2. The topological polar surface area (TPSA) is 89.0 Å². The van der Waals surface area contributed by atoms with Crippen LogP contribution in [0.2, 0.25) is 0 Å². The number of aryl methyl sites for hydroxylation is 1. The van der Waals surface area contributed by atoms with Gasteiger partial charge in [0.25, 0.3) is 5.56 Å². The lowest BCUT2D eigenvalue weighted by molar-refractivity contribution is 0.0984. The zero-order chi connectivity index (χ0) is 16.7. The molecule has 116 valence electrons. The second kappa shape index (κ2) is 5.31. The highest BCUT2D eigenvalue weighted by Gasteiger charge is 2.23. The van der Waals surface area contributed by atoms with Crippen molar-refractivity contribution in [3.8, 4) is 0 Å². The third-order valence-corrected chi connectivity index (χ3v) is 3.84. The summed E-state index contributed by atoms with van der Waals surface area (Å²) in [5.74, 6) is -0.382. The van der Waals surface area contributed by atoms with E-state index in [-0.39, 0.29) is 18.1 Å². The Kier molecular flexibility index (Phi) is 3.44. The molecule has 1 heterocycles. The van der Waals surface area contributed by atoms with Crippen LogP contribution in [-0.2, 0) is 6.54 Å². The van der Waals surface area contributed by atoms with Crippen LogP contribution in [0.5, 0.6) is 0 Å². The number of fused-ring (bicyclic) bond motifs is 1. The first-order valence-electron chi connectivity index (χ1n) is 7.07. The van der Waals surface area contributed by atoms with Gasteiger partial charge in [0.15, 0.2) is 11.6 Å². The van der Waals surface area contributed by atoms with Gasteiger partial charge in [0.2, 0.25) is 0 Å². The number of nitrogens with zero attached hydrogens (tertiary/aromatic N) is 1. The molecule has 6 heteroatoms. The number of H-pyrrole nitrogens is 1. The predicted molar refractivity (Wildman–Crippen MR) is 84.0 cm³/mol. The van der Waals surface area contributed by atoms with E-state index in [0.29, 0.717) is 27.8 Å². The summed E-state index contributed by atoms with van der Waals surface area (Å²) in [6.45, 7) is 3.41. The van der Waals surface area contributed by atoms with Gasteiger partial charge in [0.05, 0.1) is 6.54 Å². The molecule has 23 heavy (non-hydrogen) atoms. The number of ketones is 2. The van der Waals surface area contributed by atoms with E-state index in [0.717, 1.165) is 0 Å². The SMILES string of the molecule is CC1=CC(=O)c2ccc(Cn3cc(C)c(=O)[nH]c3=O)cc2C1=O. The minimum atomic E-state index is -0.517. The number of hydrogen-bond donors (Lipinski definition) is 1. The van der Waals surface area contributed by atoms with E-state index in [1.54, 1.807) is 32.0 Å². The van der Waals surface area contributed by atoms with Crippen molar-refractivity contribution in [1.29, 1.82) is 0 Å². The minimum absolute atomic E-state index is 0.188. The van der Waals surface area contributed by atoms with Crippen molar-refractivity contribution in [1.82, 2.24) is 9.55 Å². The lowest BCUT2D eigenvalue weighted by Gasteiger charge is -2.14. The number of hydrogen-bond acceptors (Lipinski definition) is 4. The normalized spacial score (nSPS) is 13.7. The highest BCUT2D eigenvalue weighted by molar-refractivity contribution is 6.24. The van der Waals surface area contributed by atoms with E-state index in [2.05, 4.69) is 4.98 Å². The molecule has 1 aromatic carbocycles. The van der Waals surface area contributed by atoms with Crippen molar-refractivity contribution in [2.45, 2.75) is 20.4 Å². The fourth-order valence-corrected chi connectivity index (χ4v) is 2.58. The first-order valence-corrected chi connectivity index (χ1v) is 7.07. The molecular weight excluding hydrogens is 296 g/mol. The maximum Gasteiger partial charge on any atom is 0.328 e. The average molecular weight is 310 g/mol. The Morgan fingerprint density at radius 3 is 2.52 bits per heavy atom.